The molecule has 0 bridgehead atoms. The van der Waals surface area contributed by atoms with Crippen LogP contribution in [0.4, 0.5) is 0 Å². The Morgan fingerprint density at radius 2 is 2.00 bits per heavy atom. The van der Waals surface area contributed by atoms with E-state index in [2.05, 4.69) is 39.9 Å². The van der Waals surface area contributed by atoms with Gasteiger partial charge in [0.2, 0.25) is 0 Å². The number of fused-ring (bicyclic) bond motifs is 1. The summed E-state index contributed by atoms with van der Waals surface area (Å²) in [6.07, 6.45) is 4.67. The Morgan fingerprint density at radius 1 is 1.20 bits per heavy atom. The lowest BCUT2D eigenvalue weighted by Crippen LogP contribution is -2.41. The minimum atomic E-state index is 0.0832. The van der Waals surface area contributed by atoms with Crippen LogP contribution in [0.2, 0.25) is 0 Å². The molecular weight excluding hydrogens is 314 g/mol. The summed E-state index contributed by atoms with van der Waals surface area (Å²) in [6.45, 7) is 3.71. The lowest BCUT2D eigenvalue weighted by molar-refractivity contribution is 0.0618. The van der Waals surface area contributed by atoms with Gasteiger partial charge >= 0.3 is 0 Å². The maximum absolute atomic E-state index is 13.0. The van der Waals surface area contributed by atoms with Gasteiger partial charge in [-0.2, -0.15) is 5.10 Å². The number of benzene rings is 1. The molecule has 0 spiro atoms. The summed E-state index contributed by atoms with van der Waals surface area (Å²) in [5.41, 5.74) is 2.84. The van der Waals surface area contributed by atoms with Gasteiger partial charge in [-0.15, -0.1) is 0 Å². The van der Waals surface area contributed by atoms with Crippen LogP contribution in [0.15, 0.2) is 48.9 Å². The van der Waals surface area contributed by atoms with E-state index in [1.807, 2.05) is 36.2 Å². The summed E-state index contributed by atoms with van der Waals surface area (Å²) in [4.78, 5) is 19.3. The number of nitrogens with zero attached hydrogens (tertiary/aromatic N) is 5. The van der Waals surface area contributed by atoms with E-state index in [1.165, 1.54) is 5.69 Å². The predicted octanol–water partition coefficient (Wildman–Crippen LogP) is 2.89. The number of amides is 1. The van der Waals surface area contributed by atoms with Crippen LogP contribution in [-0.4, -0.2) is 36.7 Å². The van der Waals surface area contributed by atoms with Crippen molar-refractivity contribution in [2.75, 3.05) is 6.54 Å². The average Bonchev–Trinajstić information content (AvgIpc) is 3.29. The quantitative estimate of drug-likeness (QED) is 0.739. The van der Waals surface area contributed by atoms with E-state index in [1.54, 1.807) is 11.0 Å². The van der Waals surface area contributed by atoms with E-state index >= 15 is 0 Å². The number of carbonyl (C=O) groups is 1. The van der Waals surface area contributed by atoms with Crippen molar-refractivity contribution >= 4 is 5.91 Å². The van der Waals surface area contributed by atoms with Crippen LogP contribution in [0.1, 0.15) is 35.4 Å². The third-order valence-corrected chi connectivity index (χ3v) is 4.80. The van der Waals surface area contributed by atoms with E-state index in [0.717, 1.165) is 25.1 Å². The van der Waals surface area contributed by atoms with Crippen LogP contribution in [0, 0.1) is 0 Å². The summed E-state index contributed by atoms with van der Waals surface area (Å²) in [7, 11) is 1.84. The number of hydrogen-bond donors (Lipinski definition) is 0. The van der Waals surface area contributed by atoms with Crippen molar-refractivity contribution in [3.63, 3.8) is 0 Å². The number of carbonyl (C=O) groups excluding carboxylic acids is 1. The van der Waals surface area contributed by atoms with Crippen molar-refractivity contribution in [3.8, 4) is 11.4 Å². The number of rotatable bonds is 3. The van der Waals surface area contributed by atoms with Gasteiger partial charge in [0.05, 0.1) is 6.04 Å². The van der Waals surface area contributed by atoms with Crippen LogP contribution >= 0.6 is 0 Å². The highest BCUT2D eigenvalue weighted by Crippen LogP contribution is 2.30. The number of aryl methyl sites for hydroxylation is 1. The fourth-order valence-corrected chi connectivity index (χ4v) is 3.54. The monoisotopic (exact) mass is 335 g/mol. The molecule has 0 N–H and O–H groups in total. The van der Waals surface area contributed by atoms with Crippen LogP contribution < -0.4 is 0 Å². The molecular formula is C19H21N5O. The van der Waals surface area contributed by atoms with Crippen molar-refractivity contribution < 1.29 is 4.79 Å². The fraction of sp³-hybridized carbons (Fsp3) is 0.316. The zero-order valence-electron chi connectivity index (χ0n) is 14.5. The molecule has 0 aliphatic carbocycles. The summed E-state index contributed by atoms with van der Waals surface area (Å²) in [5, 5.41) is 4.30. The second-order valence-corrected chi connectivity index (χ2v) is 6.37. The Labute approximate surface area is 146 Å². The Balaban J connectivity index is 1.58. The maximum Gasteiger partial charge on any atom is 0.254 e. The van der Waals surface area contributed by atoms with Gasteiger partial charge in [0, 0.05) is 43.2 Å². The molecule has 0 fully saturated rings. The van der Waals surface area contributed by atoms with E-state index in [4.69, 9.17) is 0 Å². The summed E-state index contributed by atoms with van der Waals surface area (Å²) in [5.74, 6) is 0.753. The van der Waals surface area contributed by atoms with Gasteiger partial charge < -0.3 is 9.47 Å². The zero-order chi connectivity index (χ0) is 17.4. The fourth-order valence-electron chi connectivity index (χ4n) is 3.54. The van der Waals surface area contributed by atoms with E-state index in [9.17, 15) is 4.79 Å². The predicted molar refractivity (Wildman–Crippen MR) is 94.9 cm³/mol. The van der Waals surface area contributed by atoms with Gasteiger partial charge in [0.1, 0.15) is 6.33 Å². The smallest absolute Gasteiger partial charge is 0.254 e. The largest absolute Gasteiger partial charge is 0.348 e. The molecule has 0 radical (unpaired) electrons. The minimum absolute atomic E-state index is 0.0832. The summed E-state index contributed by atoms with van der Waals surface area (Å²) in [6, 6.07) is 11.9. The van der Waals surface area contributed by atoms with Crippen LogP contribution in [-0.2, 0) is 13.6 Å². The number of aromatic nitrogens is 4. The van der Waals surface area contributed by atoms with E-state index in [-0.39, 0.29) is 11.9 Å². The Bertz CT molecular complexity index is 893. The minimum Gasteiger partial charge on any atom is -0.348 e. The lowest BCUT2D eigenvalue weighted by atomic mass is 10.0. The first-order chi connectivity index (χ1) is 12.2. The topological polar surface area (TPSA) is 56.0 Å². The van der Waals surface area contributed by atoms with Gasteiger partial charge in [0.15, 0.2) is 5.82 Å². The number of hydrogen-bond acceptors (Lipinski definition) is 3. The maximum atomic E-state index is 13.0. The molecule has 3 aromatic rings. The molecule has 0 saturated heterocycles. The Kier molecular flexibility index (Phi) is 3.87. The highest BCUT2D eigenvalue weighted by Gasteiger charge is 2.30. The summed E-state index contributed by atoms with van der Waals surface area (Å²) >= 11 is 0. The molecule has 3 heterocycles. The molecule has 128 valence electrons. The molecule has 4 rings (SSSR count). The third kappa shape index (κ3) is 2.73. The highest BCUT2D eigenvalue weighted by atomic mass is 16.2. The van der Waals surface area contributed by atoms with Gasteiger partial charge in [-0.1, -0.05) is 19.1 Å². The van der Waals surface area contributed by atoms with Crippen molar-refractivity contribution in [2.24, 2.45) is 7.05 Å². The van der Waals surface area contributed by atoms with Crippen LogP contribution in [0.5, 0.6) is 0 Å². The molecule has 1 amide bonds. The Morgan fingerprint density at radius 3 is 2.68 bits per heavy atom. The van der Waals surface area contributed by atoms with Gasteiger partial charge in [-0.25, -0.2) is 4.98 Å². The van der Waals surface area contributed by atoms with Crippen LogP contribution in [0.3, 0.4) is 0 Å². The van der Waals surface area contributed by atoms with Crippen LogP contribution in [0.25, 0.3) is 11.4 Å². The van der Waals surface area contributed by atoms with E-state index < -0.39 is 0 Å². The first kappa shape index (κ1) is 15.6. The van der Waals surface area contributed by atoms with Gasteiger partial charge in [-0.3, -0.25) is 9.48 Å². The van der Waals surface area contributed by atoms with Crippen molar-refractivity contribution in [3.05, 3.63) is 60.2 Å². The van der Waals surface area contributed by atoms with Gasteiger partial charge in [-0.05, 0) is 30.7 Å². The van der Waals surface area contributed by atoms with Crippen molar-refractivity contribution in [1.29, 1.82) is 0 Å². The second kappa shape index (κ2) is 6.20. The standard InChI is InChI=1S/C19H21N5O/c1-3-16-17-5-4-10-23(17)11-12-24(16)19(25)15-8-6-14(7-9-15)18-20-13-22(2)21-18/h4-10,13,16H,3,11-12H2,1-2H3/t16-/m0/s1. The van der Waals surface area contributed by atoms with Crippen molar-refractivity contribution in [1.82, 2.24) is 24.2 Å². The van der Waals surface area contributed by atoms with Crippen molar-refractivity contribution in [2.45, 2.75) is 25.9 Å². The summed E-state index contributed by atoms with van der Waals surface area (Å²) < 4.78 is 3.91. The molecule has 1 aromatic carbocycles. The third-order valence-electron chi connectivity index (χ3n) is 4.80. The SMILES string of the molecule is CC[C@H]1c2cccn2CCN1C(=O)c1ccc(-c2ncn(C)n2)cc1. The normalized spacial score (nSPS) is 16.7. The second-order valence-electron chi connectivity index (χ2n) is 6.37. The zero-order valence-corrected chi connectivity index (χ0v) is 14.5. The molecule has 6 heteroatoms. The first-order valence-corrected chi connectivity index (χ1v) is 8.59. The lowest BCUT2D eigenvalue weighted by Gasteiger charge is -2.36. The molecule has 1 aliphatic heterocycles. The molecule has 2 aromatic heterocycles. The highest BCUT2D eigenvalue weighted by molar-refractivity contribution is 5.95. The molecule has 0 unspecified atom stereocenters. The van der Waals surface area contributed by atoms with E-state index in [0.29, 0.717) is 11.4 Å². The Hall–Kier alpha value is -2.89. The average molecular weight is 335 g/mol. The first-order valence-electron chi connectivity index (χ1n) is 8.59. The molecule has 1 atom stereocenters. The molecule has 0 saturated carbocycles. The van der Waals surface area contributed by atoms with Gasteiger partial charge in [0.25, 0.3) is 5.91 Å². The molecule has 25 heavy (non-hydrogen) atoms. The molecule has 1 aliphatic rings. The molecule has 6 nitrogen and oxygen atoms in total.